The molecular formula is C44H38N8O4+4. The van der Waals surface area contributed by atoms with Gasteiger partial charge in [0.15, 0.2) is 75.8 Å². The summed E-state index contributed by atoms with van der Waals surface area (Å²) in [6.07, 6.45) is 17.9. The molecule has 0 saturated heterocycles. The summed E-state index contributed by atoms with van der Waals surface area (Å²) < 4.78 is 15.2. The molecule has 2 amide bonds. The first kappa shape index (κ1) is 34.6. The van der Waals surface area contributed by atoms with E-state index < -0.39 is 24.3 Å². The highest BCUT2D eigenvalue weighted by atomic mass is 16.5. The molecule has 0 fully saturated rings. The van der Waals surface area contributed by atoms with Gasteiger partial charge in [0.2, 0.25) is 0 Å². The zero-order valence-corrected chi connectivity index (χ0v) is 30.7. The first-order valence-electron chi connectivity index (χ1n) is 18.4. The third-order valence-electron chi connectivity index (χ3n) is 10.3. The topological polar surface area (TPSA) is 110 Å². The van der Waals surface area contributed by atoms with Crippen molar-refractivity contribution >= 4 is 17.8 Å². The molecule has 274 valence electrons. The van der Waals surface area contributed by atoms with Crippen LogP contribution in [0.15, 0.2) is 141 Å². The molecule has 0 aliphatic carbocycles. The summed E-state index contributed by atoms with van der Waals surface area (Å²) in [5, 5.41) is 7.79. The normalized spacial score (nSPS) is 13.4. The summed E-state index contributed by atoms with van der Waals surface area (Å²) in [4.78, 5) is 42.2. The number of ether oxygens (including phenoxy) is 1. The average Bonchev–Trinajstić information content (AvgIpc) is 3.75. The van der Waals surface area contributed by atoms with E-state index in [0.717, 1.165) is 40.2 Å². The third-order valence-corrected chi connectivity index (χ3v) is 10.3. The molecule has 5 aromatic heterocycles. The largest absolute Gasteiger partial charge is 0.458 e. The van der Waals surface area contributed by atoms with Crippen LogP contribution in [0.5, 0.6) is 0 Å². The number of hydrogen-bond acceptors (Lipinski definition) is 6. The molecule has 0 spiro atoms. The van der Waals surface area contributed by atoms with Gasteiger partial charge in [-0.1, -0.05) is 41.6 Å². The molecule has 12 nitrogen and oxygen atoms in total. The van der Waals surface area contributed by atoms with Gasteiger partial charge in [0, 0.05) is 77.8 Å². The minimum atomic E-state index is -0.716. The van der Waals surface area contributed by atoms with Crippen LogP contribution in [0.1, 0.15) is 48.7 Å². The molecule has 56 heavy (non-hydrogen) atoms. The Bertz CT molecular complexity index is 2450. The van der Waals surface area contributed by atoms with E-state index in [-0.39, 0.29) is 6.61 Å². The number of amides is 2. The Balaban J connectivity index is 1.05. The van der Waals surface area contributed by atoms with Crippen LogP contribution in [0.25, 0.3) is 22.3 Å². The second-order valence-corrected chi connectivity index (χ2v) is 14.2. The summed E-state index contributed by atoms with van der Waals surface area (Å²) >= 11 is 0. The van der Waals surface area contributed by atoms with Crippen molar-refractivity contribution in [1.82, 2.24) is 19.9 Å². The zero-order valence-electron chi connectivity index (χ0n) is 30.7. The summed E-state index contributed by atoms with van der Waals surface area (Å²) in [5.41, 5.74) is 9.14. The van der Waals surface area contributed by atoms with E-state index in [2.05, 4.69) is 92.8 Å². The molecule has 0 saturated carbocycles. The van der Waals surface area contributed by atoms with Crippen molar-refractivity contribution in [2.45, 2.75) is 32.8 Å². The fourth-order valence-corrected chi connectivity index (χ4v) is 7.32. The number of nitrogens with zero attached hydrogens (tertiary/aromatic N) is 8. The highest BCUT2D eigenvalue weighted by molar-refractivity contribution is 6.23. The molecule has 0 unspecified atom stereocenters. The second-order valence-electron chi connectivity index (χ2n) is 14.2. The predicted molar refractivity (Wildman–Crippen MR) is 200 cm³/mol. The number of rotatable bonds is 4. The summed E-state index contributed by atoms with van der Waals surface area (Å²) in [7, 11) is 1.71. The van der Waals surface area contributed by atoms with E-state index in [4.69, 9.17) is 4.74 Å². The predicted octanol–water partition coefficient (Wildman–Crippen LogP) is 3.15. The molecule has 12 heteroatoms. The lowest BCUT2D eigenvalue weighted by Gasteiger charge is -2.12. The van der Waals surface area contributed by atoms with Gasteiger partial charge in [-0.15, -0.1) is 5.10 Å². The fraction of sp³-hybridized carbons (Fsp3) is 0.159. The summed E-state index contributed by atoms with van der Waals surface area (Å²) in [6, 6.07) is 29.2. The van der Waals surface area contributed by atoms with E-state index in [9.17, 15) is 14.4 Å². The Hall–Kier alpha value is -7.21. The lowest BCUT2D eigenvalue weighted by molar-refractivity contribution is -0.689. The number of aromatic nitrogens is 7. The Kier molecular flexibility index (Phi) is 8.98. The summed E-state index contributed by atoms with van der Waals surface area (Å²) in [6.45, 7) is 1.58. The van der Waals surface area contributed by atoms with Gasteiger partial charge in [0.25, 0.3) is 11.8 Å². The van der Waals surface area contributed by atoms with E-state index >= 15 is 0 Å². The highest BCUT2D eigenvalue weighted by Crippen LogP contribution is 2.30. The van der Waals surface area contributed by atoms with Gasteiger partial charge < -0.3 is 4.74 Å². The van der Waals surface area contributed by atoms with Crippen molar-refractivity contribution in [1.29, 1.82) is 0 Å². The molecule has 24 rings (SSSR count). The lowest BCUT2D eigenvalue weighted by atomic mass is 9.97. The van der Waals surface area contributed by atoms with Crippen molar-refractivity contribution in [2.24, 2.45) is 7.05 Å². The van der Waals surface area contributed by atoms with Gasteiger partial charge in [-0.3, -0.25) is 24.0 Å². The van der Waals surface area contributed by atoms with Crippen molar-refractivity contribution in [3.05, 3.63) is 180 Å². The Morgan fingerprint density at radius 2 is 0.982 bits per heavy atom. The van der Waals surface area contributed by atoms with Gasteiger partial charge in [0.05, 0.1) is 17.3 Å². The number of pyridine rings is 4. The van der Waals surface area contributed by atoms with E-state index in [1.165, 1.54) is 15.8 Å². The maximum atomic E-state index is 14.1. The third kappa shape index (κ3) is 7.07. The first-order chi connectivity index (χ1) is 27.3. The quantitative estimate of drug-likeness (QED) is 0.156. The smallest absolute Gasteiger partial charge is 0.326 e. The molecule has 0 radical (unpaired) electrons. The van der Waals surface area contributed by atoms with Gasteiger partial charge in [-0.25, -0.2) is 18.3 Å². The van der Waals surface area contributed by atoms with E-state index in [1.54, 1.807) is 13.2 Å². The standard InChI is InChI=1S/C44H38N8O4/c1-47-28-39(45-46-47)30-56-40(53)29-52-43(54)41-37-6-7-38(42(41)44(52)55)27-51-22-14-36(15-23-51)34-10-18-49(19-11-34)25-32-3-2-31(4-5-32)24-48-16-8-33(9-17-48)35-12-20-50(26-37)21-13-35/h2-23,28H,24-27,29-30H2,1H3/q+4. The van der Waals surface area contributed by atoms with Crippen molar-refractivity contribution in [2.75, 3.05) is 6.54 Å². The monoisotopic (exact) mass is 742 g/mol. The highest BCUT2D eigenvalue weighted by Gasteiger charge is 2.42. The second kappa shape index (κ2) is 14.6. The molecule has 17 aliphatic rings. The SMILES string of the molecule is Cn1cc(COC(=O)CN2C(=O)c3c4ccc(c3C2=O)C[n+]2ccc(cc2)-c2cc[n+](cc2)Cc2ccc(cc2)C[n+]2ccc(cc2)-c2cc[n+](cc2)C4)nn1. The number of imide groups is 1. The molecule has 22 heterocycles. The zero-order chi connectivity index (χ0) is 38.2. The van der Waals surface area contributed by atoms with Crippen LogP contribution >= 0.6 is 0 Å². The van der Waals surface area contributed by atoms with Crippen LogP contribution in [0.2, 0.25) is 0 Å². The molecule has 17 aliphatic heterocycles. The summed E-state index contributed by atoms with van der Waals surface area (Å²) in [5.74, 6) is -1.76. The molecule has 2 aromatic carbocycles. The molecule has 0 N–H and O–H groups in total. The van der Waals surface area contributed by atoms with Crippen molar-refractivity contribution < 1.29 is 37.4 Å². The van der Waals surface area contributed by atoms with Crippen LogP contribution in [0, 0.1) is 0 Å². The van der Waals surface area contributed by atoms with Gasteiger partial charge in [-0.2, -0.15) is 0 Å². The van der Waals surface area contributed by atoms with Gasteiger partial charge >= 0.3 is 5.97 Å². The van der Waals surface area contributed by atoms with Crippen LogP contribution in [0.4, 0.5) is 0 Å². The van der Waals surface area contributed by atoms with Gasteiger partial charge in [-0.05, 0) is 22.3 Å². The van der Waals surface area contributed by atoms with Crippen LogP contribution in [0.3, 0.4) is 0 Å². The number of aryl methyl sites for hydroxylation is 1. The Morgan fingerprint density at radius 3 is 1.36 bits per heavy atom. The van der Waals surface area contributed by atoms with Crippen molar-refractivity contribution in [3.63, 3.8) is 0 Å². The lowest BCUT2D eigenvalue weighted by Crippen LogP contribution is -2.37. The number of carbonyl (C=O) groups is 3. The van der Waals surface area contributed by atoms with Gasteiger partial charge in [0.1, 0.15) is 18.8 Å². The van der Waals surface area contributed by atoms with E-state index in [0.29, 0.717) is 41.0 Å². The molecular weight excluding hydrogens is 705 g/mol. The molecule has 12 bridgehead atoms. The minimum Gasteiger partial charge on any atom is -0.458 e. The van der Waals surface area contributed by atoms with Crippen LogP contribution < -0.4 is 18.3 Å². The first-order valence-corrected chi connectivity index (χ1v) is 18.4. The number of carbonyl (C=O) groups excluding carboxylic acids is 3. The Labute approximate surface area is 322 Å². The van der Waals surface area contributed by atoms with Crippen molar-refractivity contribution in [3.8, 4) is 22.3 Å². The Morgan fingerprint density at radius 1 is 0.589 bits per heavy atom. The average molecular weight is 743 g/mol. The maximum Gasteiger partial charge on any atom is 0.326 e. The van der Waals surface area contributed by atoms with Crippen LogP contribution in [-0.2, 0) is 49.4 Å². The molecule has 7 aromatic rings. The number of hydrogen-bond donors (Lipinski definition) is 0. The maximum absolute atomic E-state index is 14.1. The minimum absolute atomic E-state index is 0.119. The number of benzene rings is 2. The number of esters is 1. The van der Waals surface area contributed by atoms with Crippen LogP contribution in [-0.4, -0.2) is 44.2 Å². The molecule has 0 atom stereocenters. The van der Waals surface area contributed by atoms with E-state index in [1.807, 2.05) is 70.3 Å². The fourth-order valence-electron chi connectivity index (χ4n) is 7.32.